The zero-order chi connectivity index (χ0) is 14.0. The third kappa shape index (κ3) is 2.81. The molecule has 19 heavy (non-hydrogen) atoms. The van der Waals surface area contributed by atoms with Gasteiger partial charge in [-0.1, -0.05) is 64.1 Å². The summed E-state index contributed by atoms with van der Waals surface area (Å²) in [5.74, 6) is 1.17. The summed E-state index contributed by atoms with van der Waals surface area (Å²) in [7, 11) is 0. The lowest BCUT2D eigenvalue weighted by molar-refractivity contribution is 0.464. The van der Waals surface area contributed by atoms with Crippen LogP contribution in [0.3, 0.4) is 0 Å². The second-order valence-electron chi connectivity index (χ2n) is 5.67. The molecule has 1 nitrogen and oxygen atoms in total. The Labute approximate surface area is 115 Å². The maximum absolute atomic E-state index is 10.2. The highest BCUT2D eigenvalue weighted by Gasteiger charge is 2.15. The third-order valence-electron chi connectivity index (χ3n) is 3.53. The fraction of sp³-hybridized carbons (Fsp3) is 0.333. The van der Waals surface area contributed by atoms with E-state index in [0.29, 0.717) is 17.6 Å². The van der Waals surface area contributed by atoms with Crippen LogP contribution in [0.15, 0.2) is 42.5 Å². The number of rotatable bonds is 3. The van der Waals surface area contributed by atoms with E-state index in [1.54, 1.807) is 0 Å². The molecule has 0 unspecified atom stereocenters. The van der Waals surface area contributed by atoms with E-state index in [-0.39, 0.29) is 0 Å². The smallest absolute Gasteiger partial charge is 0.119 e. The average Bonchev–Trinajstić information content (AvgIpc) is 2.38. The molecule has 0 spiro atoms. The molecule has 2 rings (SSSR count). The summed E-state index contributed by atoms with van der Waals surface area (Å²) in [6.07, 6.45) is 0. The van der Waals surface area contributed by atoms with Crippen LogP contribution >= 0.6 is 0 Å². The quantitative estimate of drug-likeness (QED) is 0.787. The van der Waals surface area contributed by atoms with Crippen molar-refractivity contribution in [1.29, 1.82) is 0 Å². The fourth-order valence-electron chi connectivity index (χ4n) is 2.43. The molecule has 0 aromatic heterocycles. The monoisotopic (exact) mass is 254 g/mol. The largest absolute Gasteiger partial charge is 0.508 e. The second-order valence-corrected chi connectivity index (χ2v) is 5.67. The van der Waals surface area contributed by atoms with Crippen LogP contribution in [0.25, 0.3) is 11.1 Å². The average molecular weight is 254 g/mol. The molecule has 1 heteroatoms. The summed E-state index contributed by atoms with van der Waals surface area (Å²) in [6, 6.07) is 14.3. The lowest BCUT2D eigenvalue weighted by Gasteiger charge is -2.18. The molecule has 100 valence electrons. The number of hydrogen-bond donors (Lipinski definition) is 1. The van der Waals surface area contributed by atoms with Crippen molar-refractivity contribution in [3.8, 4) is 16.9 Å². The van der Waals surface area contributed by atoms with Gasteiger partial charge in [-0.3, -0.25) is 0 Å². The van der Waals surface area contributed by atoms with Gasteiger partial charge in [0.05, 0.1) is 0 Å². The number of phenolic OH excluding ortho intramolecular Hbond substituents is 1. The molecule has 0 aliphatic heterocycles. The van der Waals surface area contributed by atoms with Gasteiger partial charge in [-0.25, -0.2) is 0 Å². The molecule has 0 heterocycles. The Balaban J connectivity index is 2.64. The Morgan fingerprint density at radius 1 is 0.789 bits per heavy atom. The summed E-state index contributed by atoms with van der Waals surface area (Å²) in [4.78, 5) is 0. The van der Waals surface area contributed by atoms with Crippen molar-refractivity contribution in [1.82, 2.24) is 0 Å². The van der Waals surface area contributed by atoms with E-state index in [0.717, 1.165) is 16.7 Å². The summed E-state index contributed by atoms with van der Waals surface area (Å²) in [5.41, 5.74) is 4.63. The fourth-order valence-corrected chi connectivity index (χ4v) is 2.43. The minimum absolute atomic E-state index is 0.335. The minimum atomic E-state index is 0.335. The topological polar surface area (TPSA) is 20.2 Å². The molecule has 0 saturated heterocycles. The van der Waals surface area contributed by atoms with Gasteiger partial charge < -0.3 is 5.11 Å². The number of phenols is 1. The lowest BCUT2D eigenvalue weighted by atomic mass is 9.88. The van der Waals surface area contributed by atoms with Crippen molar-refractivity contribution < 1.29 is 5.11 Å². The molecular formula is C18H22O. The molecule has 2 aromatic rings. The van der Waals surface area contributed by atoms with Gasteiger partial charge >= 0.3 is 0 Å². The van der Waals surface area contributed by atoms with Gasteiger partial charge in [0, 0.05) is 0 Å². The first-order chi connectivity index (χ1) is 9.00. The van der Waals surface area contributed by atoms with Gasteiger partial charge in [0.1, 0.15) is 5.75 Å². The van der Waals surface area contributed by atoms with E-state index in [2.05, 4.69) is 45.9 Å². The van der Waals surface area contributed by atoms with Crippen LogP contribution in [-0.2, 0) is 0 Å². The van der Waals surface area contributed by atoms with Crippen LogP contribution in [0.2, 0.25) is 0 Å². The molecule has 0 aliphatic carbocycles. The van der Waals surface area contributed by atoms with Crippen LogP contribution < -0.4 is 0 Å². The summed E-state index contributed by atoms with van der Waals surface area (Å²) in [5, 5.41) is 10.2. The second kappa shape index (κ2) is 5.48. The van der Waals surface area contributed by atoms with Gasteiger partial charge in [-0.05, 0) is 40.2 Å². The van der Waals surface area contributed by atoms with E-state index in [1.807, 2.05) is 24.3 Å². The molecule has 0 atom stereocenters. The first kappa shape index (κ1) is 13.7. The van der Waals surface area contributed by atoms with Crippen LogP contribution in [0, 0.1) is 0 Å². The molecule has 0 saturated carbocycles. The Morgan fingerprint density at radius 3 is 1.89 bits per heavy atom. The van der Waals surface area contributed by atoms with Crippen LogP contribution in [0.1, 0.15) is 50.7 Å². The SMILES string of the molecule is CC(C)c1cc(C(C)C)c(-c2ccccc2)cc1O. The number of benzene rings is 2. The van der Waals surface area contributed by atoms with Crippen molar-refractivity contribution in [2.75, 3.05) is 0 Å². The van der Waals surface area contributed by atoms with E-state index < -0.39 is 0 Å². The molecule has 2 aromatic carbocycles. The molecule has 0 aliphatic rings. The van der Waals surface area contributed by atoms with E-state index >= 15 is 0 Å². The molecule has 0 radical (unpaired) electrons. The van der Waals surface area contributed by atoms with Crippen molar-refractivity contribution in [3.05, 3.63) is 53.6 Å². The molecule has 0 amide bonds. The third-order valence-corrected chi connectivity index (χ3v) is 3.53. The maximum atomic E-state index is 10.2. The lowest BCUT2D eigenvalue weighted by Crippen LogP contribution is -1.97. The Hall–Kier alpha value is -1.76. The number of hydrogen-bond acceptors (Lipinski definition) is 1. The summed E-state index contributed by atoms with van der Waals surface area (Å²) >= 11 is 0. The van der Waals surface area contributed by atoms with E-state index in [4.69, 9.17) is 0 Å². The highest BCUT2D eigenvalue weighted by atomic mass is 16.3. The Morgan fingerprint density at radius 2 is 1.37 bits per heavy atom. The zero-order valence-corrected chi connectivity index (χ0v) is 12.1. The Bertz CT molecular complexity index is 553. The highest BCUT2D eigenvalue weighted by Crippen LogP contribution is 2.37. The molecule has 0 bridgehead atoms. The van der Waals surface area contributed by atoms with Gasteiger partial charge in [-0.15, -0.1) is 0 Å². The predicted octanol–water partition coefficient (Wildman–Crippen LogP) is 5.31. The van der Waals surface area contributed by atoms with Crippen molar-refractivity contribution in [2.45, 2.75) is 39.5 Å². The maximum Gasteiger partial charge on any atom is 0.119 e. The van der Waals surface area contributed by atoms with Gasteiger partial charge in [0.25, 0.3) is 0 Å². The highest BCUT2D eigenvalue weighted by molar-refractivity contribution is 5.70. The number of aromatic hydroxyl groups is 1. The standard InChI is InChI=1S/C18H22O/c1-12(2)15-10-16(13(3)4)18(19)11-17(15)14-8-6-5-7-9-14/h5-13,19H,1-4H3. The van der Waals surface area contributed by atoms with Crippen LogP contribution in [0.4, 0.5) is 0 Å². The van der Waals surface area contributed by atoms with E-state index in [9.17, 15) is 5.11 Å². The van der Waals surface area contributed by atoms with Gasteiger partial charge in [0.15, 0.2) is 0 Å². The normalized spacial score (nSPS) is 11.3. The predicted molar refractivity (Wildman–Crippen MR) is 81.7 cm³/mol. The van der Waals surface area contributed by atoms with E-state index in [1.165, 1.54) is 5.56 Å². The summed E-state index contributed by atoms with van der Waals surface area (Å²) < 4.78 is 0. The summed E-state index contributed by atoms with van der Waals surface area (Å²) in [6.45, 7) is 8.62. The van der Waals surface area contributed by atoms with Gasteiger partial charge in [0.2, 0.25) is 0 Å². The van der Waals surface area contributed by atoms with Crippen molar-refractivity contribution in [3.63, 3.8) is 0 Å². The first-order valence-electron chi connectivity index (χ1n) is 6.93. The molecule has 1 N–H and O–H groups in total. The van der Waals surface area contributed by atoms with Crippen LogP contribution in [0.5, 0.6) is 5.75 Å². The van der Waals surface area contributed by atoms with Crippen molar-refractivity contribution >= 4 is 0 Å². The first-order valence-corrected chi connectivity index (χ1v) is 6.93. The van der Waals surface area contributed by atoms with Gasteiger partial charge in [-0.2, -0.15) is 0 Å². The minimum Gasteiger partial charge on any atom is -0.508 e. The zero-order valence-electron chi connectivity index (χ0n) is 12.1. The Kier molecular flexibility index (Phi) is 3.94. The molecule has 0 fully saturated rings. The van der Waals surface area contributed by atoms with Crippen LogP contribution in [-0.4, -0.2) is 5.11 Å². The molecular weight excluding hydrogens is 232 g/mol. The van der Waals surface area contributed by atoms with Crippen molar-refractivity contribution in [2.24, 2.45) is 0 Å².